The smallest absolute Gasteiger partial charge is 0.242 e. The SMILES string of the molecule is CC.CC(CCCNN[C@@H](CO)C(=O)NCC(=O)N[C@@H](CO)C(N)=O)CC(N)=O. The summed E-state index contributed by atoms with van der Waals surface area (Å²) in [6, 6.07) is -2.23. The summed E-state index contributed by atoms with van der Waals surface area (Å²) in [5.41, 5.74) is 15.5. The largest absolute Gasteiger partial charge is 0.394 e. The van der Waals surface area contributed by atoms with E-state index in [-0.39, 0.29) is 11.8 Å². The van der Waals surface area contributed by atoms with Crippen LogP contribution < -0.4 is 33.0 Å². The normalized spacial score (nSPS) is 13.3. The molecule has 1 unspecified atom stereocenters. The second-order valence-electron chi connectivity index (χ2n) is 6.15. The first-order chi connectivity index (χ1) is 13.7. The van der Waals surface area contributed by atoms with Crippen molar-refractivity contribution in [2.24, 2.45) is 17.4 Å². The minimum Gasteiger partial charge on any atom is -0.394 e. The van der Waals surface area contributed by atoms with E-state index < -0.39 is 49.6 Å². The van der Waals surface area contributed by atoms with E-state index in [0.717, 1.165) is 12.8 Å². The number of hydrazine groups is 1. The van der Waals surface area contributed by atoms with E-state index in [1.54, 1.807) is 0 Å². The monoisotopic (exact) mass is 420 g/mol. The standard InChI is InChI=1S/C15H30N6O6.C2H6/c1-9(5-12(16)24)3-2-4-19-21-11(8-23)15(27)18-6-13(25)20-10(7-22)14(17)26;1-2/h9-11,19,21-23H,2-8H2,1H3,(H2,16,24)(H2,17,26)(H,18,27)(H,20,25);1-2H3/t9?,10-,11-;/m0./s1. The highest BCUT2D eigenvalue weighted by molar-refractivity contribution is 5.90. The highest BCUT2D eigenvalue weighted by Gasteiger charge is 2.20. The minimum absolute atomic E-state index is 0.155. The number of aliphatic hydroxyl groups excluding tert-OH is 2. The summed E-state index contributed by atoms with van der Waals surface area (Å²) in [5, 5.41) is 22.6. The van der Waals surface area contributed by atoms with Gasteiger partial charge >= 0.3 is 0 Å². The van der Waals surface area contributed by atoms with Crippen molar-refractivity contribution >= 4 is 23.6 Å². The Morgan fingerprint density at radius 2 is 1.59 bits per heavy atom. The summed E-state index contributed by atoms with van der Waals surface area (Å²) in [7, 11) is 0. The molecule has 29 heavy (non-hydrogen) atoms. The predicted octanol–water partition coefficient (Wildman–Crippen LogP) is -3.16. The van der Waals surface area contributed by atoms with Crippen LogP contribution in [0.25, 0.3) is 0 Å². The number of carbonyl (C=O) groups is 4. The number of hydrogen-bond donors (Lipinski definition) is 8. The van der Waals surface area contributed by atoms with E-state index >= 15 is 0 Å². The maximum atomic E-state index is 11.9. The highest BCUT2D eigenvalue weighted by Crippen LogP contribution is 2.08. The second-order valence-corrected chi connectivity index (χ2v) is 6.15. The molecular formula is C17H36N6O6. The lowest BCUT2D eigenvalue weighted by Crippen LogP contribution is -2.54. The quantitative estimate of drug-likeness (QED) is 0.0998. The number of hydrogen-bond acceptors (Lipinski definition) is 8. The molecule has 170 valence electrons. The van der Waals surface area contributed by atoms with Crippen LogP contribution in [-0.4, -0.2) is 72.2 Å². The molecule has 0 aromatic carbocycles. The third-order valence-electron chi connectivity index (χ3n) is 3.61. The van der Waals surface area contributed by atoms with Crippen molar-refractivity contribution in [2.45, 2.75) is 52.1 Å². The molecule has 0 aliphatic rings. The maximum Gasteiger partial charge on any atom is 0.242 e. The Morgan fingerprint density at radius 1 is 1.00 bits per heavy atom. The van der Waals surface area contributed by atoms with Crippen molar-refractivity contribution in [2.75, 3.05) is 26.3 Å². The number of rotatable bonds is 15. The van der Waals surface area contributed by atoms with Gasteiger partial charge in [0.05, 0.1) is 19.8 Å². The lowest BCUT2D eigenvalue weighted by Gasteiger charge is -2.18. The van der Waals surface area contributed by atoms with Crippen molar-refractivity contribution in [3.8, 4) is 0 Å². The van der Waals surface area contributed by atoms with Gasteiger partial charge in [0.1, 0.15) is 12.1 Å². The molecule has 0 aliphatic carbocycles. The molecule has 0 saturated carbocycles. The van der Waals surface area contributed by atoms with Gasteiger partial charge in [-0.2, -0.15) is 0 Å². The molecule has 10 N–H and O–H groups in total. The van der Waals surface area contributed by atoms with Gasteiger partial charge in [0.25, 0.3) is 0 Å². The molecule has 3 atom stereocenters. The number of aliphatic hydroxyl groups is 2. The van der Waals surface area contributed by atoms with Crippen molar-refractivity contribution < 1.29 is 29.4 Å². The number of nitrogens with one attached hydrogen (secondary N) is 4. The molecule has 0 aromatic heterocycles. The molecule has 0 bridgehead atoms. The molecule has 0 spiro atoms. The van der Waals surface area contributed by atoms with Gasteiger partial charge in [-0.05, 0) is 18.8 Å². The number of primary amides is 2. The minimum atomic E-state index is -1.24. The fourth-order valence-electron chi connectivity index (χ4n) is 2.12. The summed E-state index contributed by atoms with van der Waals surface area (Å²) in [4.78, 5) is 45.2. The Morgan fingerprint density at radius 3 is 2.07 bits per heavy atom. The first-order valence-electron chi connectivity index (χ1n) is 9.56. The Hall–Kier alpha value is -2.28. The fourth-order valence-corrected chi connectivity index (χ4v) is 2.12. The van der Waals surface area contributed by atoms with Gasteiger partial charge in [0.15, 0.2) is 0 Å². The lowest BCUT2D eigenvalue weighted by atomic mass is 10.0. The average molecular weight is 421 g/mol. The van der Waals surface area contributed by atoms with Gasteiger partial charge in [-0.25, -0.2) is 5.43 Å². The van der Waals surface area contributed by atoms with E-state index in [1.165, 1.54) is 0 Å². The zero-order chi connectivity index (χ0) is 22.8. The Bertz CT molecular complexity index is 505. The van der Waals surface area contributed by atoms with Gasteiger partial charge in [0.2, 0.25) is 23.6 Å². The van der Waals surface area contributed by atoms with E-state index in [2.05, 4.69) is 21.5 Å². The van der Waals surface area contributed by atoms with Gasteiger partial charge < -0.3 is 32.3 Å². The number of nitrogens with two attached hydrogens (primary N) is 2. The van der Waals surface area contributed by atoms with Crippen LogP contribution in [-0.2, 0) is 19.2 Å². The molecular weight excluding hydrogens is 384 g/mol. The Balaban J connectivity index is 0. The van der Waals surface area contributed by atoms with Crippen molar-refractivity contribution in [3.63, 3.8) is 0 Å². The molecule has 0 radical (unpaired) electrons. The van der Waals surface area contributed by atoms with Gasteiger partial charge in [0, 0.05) is 13.0 Å². The van der Waals surface area contributed by atoms with E-state index in [1.807, 2.05) is 20.8 Å². The lowest BCUT2D eigenvalue weighted by molar-refractivity contribution is -0.130. The van der Waals surface area contributed by atoms with Gasteiger partial charge in [-0.1, -0.05) is 20.8 Å². The maximum absolute atomic E-state index is 11.9. The summed E-state index contributed by atoms with van der Waals surface area (Å²) < 4.78 is 0. The zero-order valence-corrected chi connectivity index (χ0v) is 17.4. The number of carbonyl (C=O) groups excluding carboxylic acids is 4. The van der Waals surface area contributed by atoms with Crippen LogP contribution in [0.1, 0.15) is 40.0 Å². The molecule has 0 fully saturated rings. The molecule has 0 saturated heterocycles. The summed E-state index contributed by atoms with van der Waals surface area (Å²) in [5.74, 6) is -2.45. The fraction of sp³-hybridized carbons (Fsp3) is 0.765. The third-order valence-corrected chi connectivity index (χ3v) is 3.61. The van der Waals surface area contributed by atoms with Crippen LogP contribution in [0, 0.1) is 5.92 Å². The Kier molecular flexibility index (Phi) is 17.7. The van der Waals surface area contributed by atoms with Crippen LogP contribution >= 0.6 is 0 Å². The molecule has 12 heteroatoms. The summed E-state index contributed by atoms with van der Waals surface area (Å²) >= 11 is 0. The molecule has 12 nitrogen and oxygen atoms in total. The van der Waals surface area contributed by atoms with Crippen LogP contribution in [0.4, 0.5) is 0 Å². The summed E-state index contributed by atoms with van der Waals surface area (Å²) in [6.45, 7) is 4.78. The first kappa shape index (κ1) is 28.9. The molecule has 0 aliphatic heterocycles. The van der Waals surface area contributed by atoms with E-state index in [9.17, 15) is 24.3 Å². The molecule has 4 amide bonds. The van der Waals surface area contributed by atoms with Crippen molar-refractivity contribution in [3.05, 3.63) is 0 Å². The summed E-state index contributed by atoms with van der Waals surface area (Å²) in [6.07, 6.45) is 1.79. The first-order valence-corrected chi connectivity index (χ1v) is 9.56. The van der Waals surface area contributed by atoms with Crippen LogP contribution in [0.2, 0.25) is 0 Å². The van der Waals surface area contributed by atoms with E-state index in [0.29, 0.717) is 13.0 Å². The Labute approximate surface area is 171 Å². The van der Waals surface area contributed by atoms with Gasteiger partial charge in [-0.15, -0.1) is 0 Å². The predicted molar refractivity (Wildman–Crippen MR) is 107 cm³/mol. The topological polar surface area (TPSA) is 209 Å². The zero-order valence-electron chi connectivity index (χ0n) is 17.4. The second kappa shape index (κ2) is 17.8. The molecule has 0 aromatic rings. The van der Waals surface area contributed by atoms with Crippen LogP contribution in [0.3, 0.4) is 0 Å². The van der Waals surface area contributed by atoms with Crippen molar-refractivity contribution in [1.82, 2.24) is 21.5 Å². The highest BCUT2D eigenvalue weighted by atomic mass is 16.3. The molecule has 0 heterocycles. The van der Waals surface area contributed by atoms with Crippen molar-refractivity contribution in [1.29, 1.82) is 0 Å². The van der Waals surface area contributed by atoms with Crippen LogP contribution in [0.15, 0.2) is 0 Å². The van der Waals surface area contributed by atoms with Gasteiger partial charge in [-0.3, -0.25) is 24.6 Å². The number of amides is 4. The average Bonchev–Trinajstić information content (AvgIpc) is 2.67. The van der Waals surface area contributed by atoms with E-state index in [4.69, 9.17) is 16.6 Å². The van der Waals surface area contributed by atoms with Crippen LogP contribution in [0.5, 0.6) is 0 Å². The third kappa shape index (κ3) is 15.3. The molecule has 0 rings (SSSR count).